The molecule has 20 heavy (non-hydrogen) atoms. The van der Waals surface area contributed by atoms with Crippen LogP contribution in [0.2, 0.25) is 5.02 Å². The van der Waals surface area contributed by atoms with Gasteiger partial charge in [-0.1, -0.05) is 29.8 Å². The van der Waals surface area contributed by atoms with Gasteiger partial charge < -0.3 is 10.6 Å². The van der Waals surface area contributed by atoms with Gasteiger partial charge >= 0.3 is 0 Å². The topological polar surface area (TPSA) is 47.9 Å². The fourth-order valence-electron chi connectivity index (χ4n) is 1.86. The number of para-hydroxylation sites is 1. The largest absolute Gasteiger partial charge is 0.385 e. The van der Waals surface area contributed by atoms with Gasteiger partial charge in [-0.2, -0.15) is 5.26 Å². The molecule has 0 aromatic heterocycles. The number of halogens is 1. The molecule has 0 bridgehead atoms. The minimum absolute atomic E-state index is 0.616. The summed E-state index contributed by atoms with van der Waals surface area (Å²) >= 11 is 5.93. The van der Waals surface area contributed by atoms with E-state index in [4.69, 9.17) is 16.9 Å². The van der Waals surface area contributed by atoms with Crippen molar-refractivity contribution in [1.82, 2.24) is 0 Å². The highest BCUT2D eigenvalue weighted by Gasteiger charge is 2.01. The standard InChI is InChI=1S/C16H16ClN3/c17-14-8-7-13(12-18)16(11-14)20-10-4-9-19-15-5-2-1-3-6-15/h1-3,5-8,11,19-20H,4,9-10H2. The van der Waals surface area contributed by atoms with E-state index < -0.39 is 0 Å². The van der Waals surface area contributed by atoms with Crippen LogP contribution in [0.1, 0.15) is 12.0 Å². The number of hydrogen-bond donors (Lipinski definition) is 2. The SMILES string of the molecule is N#Cc1ccc(Cl)cc1NCCCNc1ccccc1. The molecule has 2 aromatic rings. The zero-order chi connectivity index (χ0) is 14.2. The highest BCUT2D eigenvalue weighted by molar-refractivity contribution is 6.30. The van der Waals surface area contributed by atoms with Crippen LogP contribution in [0.5, 0.6) is 0 Å². The molecular formula is C16H16ClN3. The van der Waals surface area contributed by atoms with Crippen molar-refractivity contribution >= 4 is 23.0 Å². The van der Waals surface area contributed by atoms with Crippen molar-refractivity contribution < 1.29 is 0 Å². The molecule has 3 nitrogen and oxygen atoms in total. The van der Waals surface area contributed by atoms with Crippen molar-refractivity contribution in [3.8, 4) is 6.07 Å². The van der Waals surface area contributed by atoms with E-state index in [-0.39, 0.29) is 0 Å². The molecule has 0 aliphatic heterocycles. The third kappa shape index (κ3) is 4.18. The molecule has 0 aliphatic carbocycles. The summed E-state index contributed by atoms with van der Waals surface area (Å²) in [5.41, 5.74) is 2.53. The average molecular weight is 286 g/mol. The number of anilines is 2. The minimum atomic E-state index is 0.616. The molecule has 0 unspecified atom stereocenters. The van der Waals surface area contributed by atoms with E-state index in [9.17, 15) is 0 Å². The van der Waals surface area contributed by atoms with E-state index in [1.165, 1.54) is 0 Å². The van der Waals surface area contributed by atoms with Crippen LogP contribution in [0.25, 0.3) is 0 Å². The molecule has 2 N–H and O–H groups in total. The van der Waals surface area contributed by atoms with Crippen molar-refractivity contribution in [3.63, 3.8) is 0 Å². The number of nitriles is 1. The van der Waals surface area contributed by atoms with Gasteiger partial charge in [0, 0.05) is 23.8 Å². The Hall–Kier alpha value is -2.18. The second-order valence-corrected chi connectivity index (χ2v) is 4.81. The number of nitrogens with one attached hydrogen (secondary N) is 2. The van der Waals surface area contributed by atoms with Crippen LogP contribution in [0.15, 0.2) is 48.5 Å². The van der Waals surface area contributed by atoms with Crippen molar-refractivity contribution in [3.05, 3.63) is 59.1 Å². The van der Waals surface area contributed by atoms with Crippen LogP contribution in [-0.2, 0) is 0 Å². The Morgan fingerprint density at radius 3 is 2.50 bits per heavy atom. The molecule has 0 radical (unpaired) electrons. The minimum Gasteiger partial charge on any atom is -0.385 e. The second-order valence-electron chi connectivity index (χ2n) is 4.37. The van der Waals surface area contributed by atoms with Gasteiger partial charge in [-0.15, -0.1) is 0 Å². The second kappa shape index (κ2) is 7.42. The summed E-state index contributed by atoms with van der Waals surface area (Å²) in [5.74, 6) is 0. The maximum absolute atomic E-state index is 9.02. The predicted octanol–water partition coefficient (Wildman–Crippen LogP) is 4.13. The highest BCUT2D eigenvalue weighted by atomic mass is 35.5. The first-order valence-corrected chi connectivity index (χ1v) is 6.90. The Bertz CT molecular complexity index is 590. The van der Waals surface area contributed by atoms with Gasteiger partial charge in [-0.05, 0) is 36.8 Å². The summed E-state index contributed by atoms with van der Waals surface area (Å²) < 4.78 is 0. The molecule has 0 fully saturated rings. The molecule has 0 heterocycles. The van der Waals surface area contributed by atoms with Gasteiger partial charge in [0.2, 0.25) is 0 Å². The smallest absolute Gasteiger partial charge is 0.101 e. The van der Waals surface area contributed by atoms with E-state index in [0.717, 1.165) is 30.9 Å². The first kappa shape index (κ1) is 14.2. The lowest BCUT2D eigenvalue weighted by molar-refractivity contribution is 0.909. The molecule has 0 saturated heterocycles. The summed E-state index contributed by atoms with van der Waals surface area (Å²) in [6.07, 6.45) is 0.951. The Kier molecular flexibility index (Phi) is 5.28. The highest BCUT2D eigenvalue weighted by Crippen LogP contribution is 2.20. The summed E-state index contributed by atoms with van der Waals surface area (Å²) in [6.45, 7) is 1.66. The third-order valence-corrected chi connectivity index (χ3v) is 3.11. The van der Waals surface area contributed by atoms with Crippen LogP contribution < -0.4 is 10.6 Å². The fourth-order valence-corrected chi connectivity index (χ4v) is 2.03. The molecule has 0 aliphatic rings. The first-order valence-electron chi connectivity index (χ1n) is 6.52. The van der Waals surface area contributed by atoms with E-state index in [1.807, 2.05) is 30.3 Å². The predicted molar refractivity (Wildman–Crippen MR) is 84.2 cm³/mol. The maximum Gasteiger partial charge on any atom is 0.101 e. The van der Waals surface area contributed by atoms with Crippen LogP contribution in [0.3, 0.4) is 0 Å². The van der Waals surface area contributed by atoms with Gasteiger partial charge in [0.15, 0.2) is 0 Å². The van der Waals surface area contributed by atoms with Crippen LogP contribution in [0, 0.1) is 11.3 Å². The van der Waals surface area contributed by atoms with Gasteiger partial charge in [0.05, 0.1) is 11.3 Å². The van der Waals surface area contributed by atoms with Gasteiger partial charge in [0.25, 0.3) is 0 Å². The van der Waals surface area contributed by atoms with Crippen molar-refractivity contribution in [2.24, 2.45) is 0 Å². The molecule has 0 atom stereocenters. The number of rotatable bonds is 6. The molecule has 2 rings (SSSR count). The summed E-state index contributed by atoms with van der Waals surface area (Å²) in [6, 6.07) is 17.5. The first-order chi connectivity index (χ1) is 9.79. The normalized spacial score (nSPS) is 9.80. The lowest BCUT2D eigenvalue weighted by atomic mass is 10.2. The zero-order valence-electron chi connectivity index (χ0n) is 11.1. The molecular weight excluding hydrogens is 270 g/mol. The maximum atomic E-state index is 9.02. The van der Waals surface area contributed by atoms with Gasteiger partial charge in [-0.25, -0.2) is 0 Å². The van der Waals surface area contributed by atoms with Gasteiger partial charge in [-0.3, -0.25) is 0 Å². The molecule has 102 valence electrons. The van der Waals surface area contributed by atoms with Crippen LogP contribution in [0.4, 0.5) is 11.4 Å². The summed E-state index contributed by atoms with van der Waals surface area (Å²) in [4.78, 5) is 0. The molecule has 0 saturated carbocycles. The van der Waals surface area contributed by atoms with Crippen molar-refractivity contribution in [2.75, 3.05) is 23.7 Å². The van der Waals surface area contributed by atoms with Crippen molar-refractivity contribution in [2.45, 2.75) is 6.42 Å². The number of hydrogen-bond acceptors (Lipinski definition) is 3. The monoisotopic (exact) mass is 285 g/mol. The molecule has 0 amide bonds. The lowest BCUT2D eigenvalue weighted by Gasteiger charge is -2.10. The Balaban J connectivity index is 1.76. The van der Waals surface area contributed by atoms with E-state index in [2.05, 4.69) is 16.7 Å². The van der Waals surface area contributed by atoms with Crippen molar-refractivity contribution in [1.29, 1.82) is 5.26 Å². The number of nitrogens with zero attached hydrogens (tertiary/aromatic N) is 1. The lowest BCUT2D eigenvalue weighted by Crippen LogP contribution is -2.09. The summed E-state index contributed by atoms with van der Waals surface area (Å²) in [7, 11) is 0. The summed E-state index contributed by atoms with van der Waals surface area (Å²) in [5, 5.41) is 16.2. The van der Waals surface area contributed by atoms with Gasteiger partial charge in [0.1, 0.15) is 6.07 Å². The number of benzene rings is 2. The average Bonchev–Trinajstić information content (AvgIpc) is 2.48. The van der Waals surface area contributed by atoms with E-state index in [1.54, 1.807) is 18.2 Å². The third-order valence-electron chi connectivity index (χ3n) is 2.87. The zero-order valence-corrected chi connectivity index (χ0v) is 11.8. The Morgan fingerprint density at radius 2 is 1.75 bits per heavy atom. The Labute approximate surface area is 124 Å². The van der Waals surface area contributed by atoms with E-state index in [0.29, 0.717) is 10.6 Å². The van der Waals surface area contributed by atoms with Crippen LogP contribution >= 0.6 is 11.6 Å². The van der Waals surface area contributed by atoms with E-state index >= 15 is 0 Å². The fraction of sp³-hybridized carbons (Fsp3) is 0.188. The quantitative estimate of drug-likeness (QED) is 0.785. The van der Waals surface area contributed by atoms with Crippen LogP contribution in [-0.4, -0.2) is 13.1 Å². The molecule has 2 aromatic carbocycles. The Morgan fingerprint density at radius 1 is 1.00 bits per heavy atom. The molecule has 0 spiro atoms. The molecule has 4 heteroatoms.